The average molecular weight is 543 g/mol. The second-order valence-corrected chi connectivity index (χ2v) is 9.05. The molecule has 0 aliphatic carbocycles. The van der Waals surface area contributed by atoms with Crippen LogP contribution in [0.15, 0.2) is 48.9 Å². The van der Waals surface area contributed by atoms with E-state index in [1.807, 2.05) is 44.2 Å². The molecule has 1 saturated heterocycles. The van der Waals surface area contributed by atoms with Gasteiger partial charge in [-0.25, -0.2) is 9.78 Å². The van der Waals surface area contributed by atoms with Gasteiger partial charge in [0.1, 0.15) is 23.8 Å². The Labute approximate surface area is 226 Å². The van der Waals surface area contributed by atoms with Gasteiger partial charge in [0.15, 0.2) is 0 Å². The molecule has 3 rings (SSSR count). The van der Waals surface area contributed by atoms with E-state index in [1.165, 1.54) is 23.5 Å². The van der Waals surface area contributed by atoms with E-state index in [4.69, 9.17) is 15.1 Å². The fourth-order valence-corrected chi connectivity index (χ4v) is 4.13. The number of benzene rings is 1. The fraction of sp³-hybridized carbons (Fsp3) is 0.440. The van der Waals surface area contributed by atoms with Crippen molar-refractivity contribution >= 4 is 31.0 Å². The molecule has 39 heavy (non-hydrogen) atoms. The van der Waals surface area contributed by atoms with E-state index < -0.39 is 49.1 Å². The van der Waals surface area contributed by atoms with Gasteiger partial charge >= 0.3 is 13.3 Å². The third-order valence-electron chi connectivity index (χ3n) is 6.30. The number of carbonyl (C=O) groups is 4. The number of nitrogens with one attached hydrogen (secondary N) is 2. The quantitative estimate of drug-likeness (QED) is 0.210. The Balaban J connectivity index is 0.00000124. The second kappa shape index (κ2) is 15.5. The number of aromatic nitrogens is 2. The Morgan fingerprint density at radius 2 is 1.77 bits per heavy atom. The molecule has 13 nitrogen and oxygen atoms in total. The van der Waals surface area contributed by atoms with Crippen molar-refractivity contribution in [1.82, 2.24) is 25.5 Å². The van der Waals surface area contributed by atoms with Crippen LogP contribution in [0.1, 0.15) is 49.2 Å². The van der Waals surface area contributed by atoms with E-state index in [9.17, 15) is 24.3 Å². The predicted octanol–water partition coefficient (Wildman–Crippen LogP) is -0.628. The molecular formula is C25H34BN5O8. The summed E-state index contributed by atoms with van der Waals surface area (Å²) in [5.74, 6) is -2.81. The van der Waals surface area contributed by atoms with Gasteiger partial charge in [0.05, 0.1) is 6.20 Å². The van der Waals surface area contributed by atoms with Gasteiger partial charge in [-0.3, -0.25) is 19.4 Å². The number of carboxylic acid groups (broad SMARTS) is 1. The highest BCUT2D eigenvalue weighted by molar-refractivity contribution is 6.30. The van der Waals surface area contributed by atoms with Gasteiger partial charge in [-0.1, -0.05) is 50.6 Å². The summed E-state index contributed by atoms with van der Waals surface area (Å²) < 4.78 is 0. The first-order valence-electron chi connectivity index (χ1n) is 12.5. The van der Waals surface area contributed by atoms with E-state index in [1.54, 1.807) is 0 Å². The summed E-state index contributed by atoms with van der Waals surface area (Å²) in [6, 6.07) is 6.37. The number of carbonyl (C=O) groups excluding carboxylic acids is 3. The van der Waals surface area contributed by atoms with Crippen LogP contribution in [0.3, 0.4) is 0 Å². The Morgan fingerprint density at radius 3 is 2.33 bits per heavy atom. The van der Waals surface area contributed by atoms with Crippen molar-refractivity contribution in [2.24, 2.45) is 5.92 Å². The molecule has 6 N–H and O–H groups in total. The van der Waals surface area contributed by atoms with Crippen molar-refractivity contribution in [2.75, 3.05) is 6.54 Å². The van der Waals surface area contributed by atoms with E-state index in [-0.39, 0.29) is 18.0 Å². The predicted molar refractivity (Wildman–Crippen MR) is 140 cm³/mol. The molecule has 1 aliphatic rings. The Kier molecular flexibility index (Phi) is 12.5. The highest BCUT2D eigenvalue weighted by atomic mass is 16.5. The Bertz CT molecular complexity index is 1090. The van der Waals surface area contributed by atoms with Crippen molar-refractivity contribution in [1.29, 1.82) is 0 Å². The van der Waals surface area contributed by atoms with Crippen LogP contribution >= 0.6 is 0 Å². The minimum atomic E-state index is -2.17. The Morgan fingerprint density at radius 1 is 1.10 bits per heavy atom. The van der Waals surface area contributed by atoms with Gasteiger partial charge in [0.2, 0.25) is 11.8 Å². The van der Waals surface area contributed by atoms with Crippen molar-refractivity contribution in [2.45, 2.75) is 57.7 Å². The van der Waals surface area contributed by atoms with E-state index in [0.29, 0.717) is 25.8 Å². The molecule has 14 heteroatoms. The lowest BCUT2D eigenvalue weighted by atomic mass is 9.97. The summed E-state index contributed by atoms with van der Waals surface area (Å²) in [6.45, 7) is 4.04. The van der Waals surface area contributed by atoms with Crippen LogP contribution in [-0.2, 0) is 20.8 Å². The first kappa shape index (κ1) is 31.3. The lowest BCUT2D eigenvalue weighted by Crippen LogP contribution is -2.57. The third kappa shape index (κ3) is 9.74. The lowest BCUT2D eigenvalue weighted by molar-refractivity contribution is -0.149. The first-order valence-corrected chi connectivity index (χ1v) is 12.5. The van der Waals surface area contributed by atoms with E-state index >= 15 is 0 Å². The van der Waals surface area contributed by atoms with Crippen LogP contribution in [0.5, 0.6) is 0 Å². The minimum absolute atomic E-state index is 0.0758. The number of hydrogen-bond acceptors (Lipinski definition) is 9. The van der Waals surface area contributed by atoms with Crippen LogP contribution in [0.2, 0.25) is 0 Å². The summed E-state index contributed by atoms with van der Waals surface area (Å²) in [4.78, 5) is 60.4. The number of rotatable bonds is 10. The monoisotopic (exact) mass is 543 g/mol. The smallest absolute Gasteiger partial charge is 0.480 e. The van der Waals surface area contributed by atoms with Gasteiger partial charge in [-0.15, -0.1) is 0 Å². The highest BCUT2D eigenvalue weighted by Crippen LogP contribution is 2.20. The number of likely N-dealkylation sites (tertiary alicyclic amines) is 1. The zero-order valence-corrected chi connectivity index (χ0v) is 21.8. The van der Waals surface area contributed by atoms with Crippen LogP contribution in [0.25, 0.3) is 0 Å². The summed E-state index contributed by atoms with van der Waals surface area (Å²) >= 11 is 0. The third-order valence-corrected chi connectivity index (χ3v) is 6.30. The molecule has 1 aliphatic heterocycles. The summed E-state index contributed by atoms with van der Waals surface area (Å²) in [5.41, 5.74) is 0.896. The molecule has 1 fully saturated rings. The van der Waals surface area contributed by atoms with Crippen LogP contribution < -0.4 is 10.6 Å². The molecular weight excluding hydrogens is 509 g/mol. The standard InChI is InChI=1S/C25H31N5O5.BH3O3/c1-3-16(2)21(29-22(31)19-15-26-11-12-27-19)23(32)28-18(14-17-8-5-4-6-9-17)24(33)30-13-7-10-20(30)25(34)35;2-1(3)4/h4-6,8-9,11-12,15-16,18,20-21H,3,7,10,13-14H2,1-2H3,(H,28,32)(H,29,31)(H,34,35);2-4H/t16?,18?,20-,21?;/m0./s1. The maximum atomic E-state index is 13.4. The molecule has 210 valence electrons. The molecule has 2 heterocycles. The SMILES string of the molecule is CCC(C)C(NC(=O)c1cnccn1)C(=O)NC(Cc1ccccc1)C(=O)N1CCC[C@H]1C(=O)O.OB(O)O. The molecule has 3 unspecified atom stereocenters. The molecule has 4 atom stereocenters. The summed E-state index contributed by atoms with van der Waals surface area (Å²) in [5, 5.41) is 36.6. The zero-order chi connectivity index (χ0) is 28.9. The van der Waals surface area contributed by atoms with Crippen molar-refractivity contribution in [3.05, 3.63) is 60.2 Å². The topological polar surface area (TPSA) is 202 Å². The highest BCUT2D eigenvalue weighted by Gasteiger charge is 2.39. The molecule has 0 radical (unpaired) electrons. The average Bonchev–Trinajstić information content (AvgIpc) is 3.41. The van der Waals surface area contributed by atoms with Crippen molar-refractivity contribution < 1.29 is 39.4 Å². The van der Waals surface area contributed by atoms with Gasteiger partial charge in [-0.2, -0.15) is 0 Å². The van der Waals surface area contributed by atoms with Crippen molar-refractivity contribution in [3.63, 3.8) is 0 Å². The molecule has 1 aromatic heterocycles. The fourth-order valence-electron chi connectivity index (χ4n) is 4.13. The normalized spacial score (nSPS) is 16.6. The van der Waals surface area contributed by atoms with Crippen molar-refractivity contribution in [3.8, 4) is 0 Å². The van der Waals surface area contributed by atoms with Gasteiger partial charge < -0.3 is 35.7 Å². The van der Waals surface area contributed by atoms with Gasteiger partial charge in [-0.05, 0) is 24.3 Å². The molecule has 3 amide bonds. The number of hydrogen-bond donors (Lipinski definition) is 6. The Hall–Kier alpha value is -3.88. The number of aliphatic carboxylic acids is 1. The van der Waals surface area contributed by atoms with Gasteiger partial charge in [0.25, 0.3) is 5.91 Å². The summed E-state index contributed by atoms with van der Waals surface area (Å²) in [7, 11) is -2.17. The van der Waals surface area contributed by atoms with Gasteiger partial charge in [0, 0.05) is 25.4 Å². The largest absolute Gasteiger partial charge is 0.631 e. The van der Waals surface area contributed by atoms with E-state index in [0.717, 1.165) is 5.56 Å². The summed E-state index contributed by atoms with van der Waals surface area (Å²) in [6.07, 6.45) is 5.88. The van der Waals surface area contributed by atoms with Crippen LogP contribution in [-0.4, -0.2) is 90.7 Å². The van der Waals surface area contributed by atoms with E-state index in [2.05, 4.69) is 20.6 Å². The second-order valence-electron chi connectivity index (χ2n) is 9.05. The maximum Gasteiger partial charge on any atom is 0.631 e. The minimum Gasteiger partial charge on any atom is -0.480 e. The molecule has 0 bridgehead atoms. The molecule has 2 aromatic rings. The zero-order valence-electron chi connectivity index (χ0n) is 21.8. The molecule has 0 spiro atoms. The lowest BCUT2D eigenvalue weighted by Gasteiger charge is -2.30. The van der Waals surface area contributed by atoms with Crippen LogP contribution in [0.4, 0.5) is 0 Å². The number of carboxylic acids is 1. The molecule has 0 saturated carbocycles. The first-order chi connectivity index (χ1) is 18.5. The molecule has 1 aromatic carbocycles. The maximum absolute atomic E-state index is 13.4. The van der Waals surface area contributed by atoms with Crippen LogP contribution in [0, 0.1) is 5.92 Å². The number of nitrogens with zero attached hydrogens (tertiary/aromatic N) is 3. The number of amides is 3.